The number of nitrogens with zero attached hydrogens (tertiary/aromatic N) is 2. The van der Waals surface area contributed by atoms with Gasteiger partial charge < -0.3 is 10.6 Å². The predicted molar refractivity (Wildman–Crippen MR) is 63.5 cm³/mol. The first-order chi connectivity index (χ1) is 7.34. The third-order valence-corrected chi connectivity index (χ3v) is 2.27. The van der Waals surface area contributed by atoms with E-state index >= 15 is 0 Å². The van der Waals surface area contributed by atoms with Crippen molar-refractivity contribution >= 4 is 5.82 Å². The minimum Gasteiger partial charge on any atom is -0.385 e. The van der Waals surface area contributed by atoms with E-state index in [1.165, 1.54) is 4.57 Å². The standard InChI is InChI=1S/C10H18N4O2/c1-6(2)14-8(11)7(5-13(3)4)9(15)12-10(14)16/h6H,5,11H2,1-4H3,(H,12,15,16). The summed E-state index contributed by atoms with van der Waals surface area (Å²) in [6, 6.07) is -0.0785. The van der Waals surface area contributed by atoms with Gasteiger partial charge in [-0.2, -0.15) is 0 Å². The summed E-state index contributed by atoms with van der Waals surface area (Å²) in [5.41, 5.74) is 5.41. The van der Waals surface area contributed by atoms with Crippen molar-refractivity contribution in [2.45, 2.75) is 26.4 Å². The number of hydrogen-bond donors (Lipinski definition) is 2. The molecule has 0 amide bonds. The van der Waals surface area contributed by atoms with Crippen molar-refractivity contribution in [3.05, 3.63) is 26.4 Å². The Morgan fingerprint density at radius 2 is 1.94 bits per heavy atom. The van der Waals surface area contributed by atoms with Crippen molar-refractivity contribution in [2.24, 2.45) is 0 Å². The summed E-state index contributed by atoms with van der Waals surface area (Å²) in [6.07, 6.45) is 0. The monoisotopic (exact) mass is 226 g/mol. The van der Waals surface area contributed by atoms with Crippen molar-refractivity contribution in [3.63, 3.8) is 0 Å². The van der Waals surface area contributed by atoms with Gasteiger partial charge in [0.15, 0.2) is 0 Å². The van der Waals surface area contributed by atoms with E-state index in [-0.39, 0.29) is 11.9 Å². The number of aromatic amines is 1. The molecule has 0 atom stereocenters. The zero-order chi connectivity index (χ0) is 12.5. The van der Waals surface area contributed by atoms with Crippen LogP contribution in [0.3, 0.4) is 0 Å². The molecule has 0 aliphatic carbocycles. The van der Waals surface area contributed by atoms with Gasteiger partial charge in [0.05, 0.1) is 5.56 Å². The van der Waals surface area contributed by atoms with Gasteiger partial charge in [0, 0.05) is 12.6 Å². The van der Waals surface area contributed by atoms with Crippen LogP contribution in [0.25, 0.3) is 0 Å². The third kappa shape index (κ3) is 2.33. The molecule has 90 valence electrons. The lowest BCUT2D eigenvalue weighted by Crippen LogP contribution is -2.36. The second-order valence-electron chi connectivity index (χ2n) is 4.32. The Morgan fingerprint density at radius 3 is 2.38 bits per heavy atom. The molecule has 0 aliphatic heterocycles. The van der Waals surface area contributed by atoms with E-state index in [1.807, 2.05) is 32.8 Å². The number of nitrogens with two attached hydrogens (primary N) is 1. The average molecular weight is 226 g/mol. The van der Waals surface area contributed by atoms with Gasteiger partial charge in [-0.25, -0.2) is 4.79 Å². The summed E-state index contributed by atoms with van der Waals surface area (Å²) >= 11 is 0. The lowest BCUT2D eigenvalue weighted by molar-refractivity contribution is 0.397. The number of anilines is 1. The fraction of sp³-hybridized carbons (Fsp3) is 0.600. The highest BCUT2D eigenvalue weighted by atomic mass is 16.2. The zero-order valence-corrected chi connectivity index (χ0v) is 10.1. The third-order valence-electron chi connectivity index (χ3n) is 2.27. The average Bonchev–Trinajstić information content (AvgIpc) is 2.10. The van der Waals surface area contributed by atoms with Crippen LogP contribution in [-0.2, 0) is 6.54 Å². The van der Waals surface area contributed by atoms with Gasteiger partial charge in [-0.05, 0) is 27.9 Å². The number of H-pyrrole nitrogens is 1. The molecule has 0 radical (unpaired) electrons. The molecule has 3 N–H and O–H groups in total. The number of nitrogen functional groups attached to an aromatic ring is 1. The first-order valence-corrected chi connectivity index (χ1v) is 5.12. The van der Waals surface area contributed by atoms with E-state index in [0.717, 1.165) is 0 Å². The molecular weight excluding hydrogens is 208 g/mol. The van der Waals surface area contributed by atoms with Gasteiger partial charge in [-0.3, -0.25) is 14.3 Å². The van der Waals surface area contributed by atoms with Gasteiger partial charge in [0.2, 0.25) is 0 Å². The quantitative estimate of drug-likeness (QED) is 0.745. The molecule has 16 heavy (non-hydrogen) atoms. The minimum atomic E-state index is -0.458. The normalized spacial score (nSPS) is 11.4. The van der Waals surface area contributed by atoms with Crippen LogP contribution in [0.5, 0.6) is 0 Å². The Morgan fingerprint density at radius 1 is 1.38 bits per heavy atom. The van der Waals surface area contributed by atoms with Crippen LogP contribution in [0.1, 0.15) is 25.5 Å². The van der Waals surface area contributed by atoms with E-state index in [2.05, 4.69) is 4.98 Å². The molecule has 6 nitrogen and oxygen atoms in total. The molecule has 0 aromatic carbocycles. The van der Waals surface area contributed by atoms with Crippen LogP contribution in [0.2, 0.25) is 0 Å². The SMILES string of the molecule is CC(C)n1c(N)c(CN(C)C)c(=O)[nH]c1=O. The van der Waals surface area contributed by atoms with Crippen molar-refractivity contribution in [2.75, 3.05) is 19.8 Å². The first-order valence-electron chi connectivity index (χ1n) is 5.12. The molecule has 1 rings (SSSR count). The zero-order valence-electron chi connectivity index (χ0n) is 10.1. The van der Waals surface area contributed by atoms with Gasteiger partial charge in [0.25, 0.3) is 5.56 Å². The fourth-order valence-corrected chi connectivity index (χ4v) is 1.59. The van der Waals surface area contributed by atoms with Gasteiger partial charge in [-0.15, -0.1) is 0 Å². The maximum Gasteiger partial charge on any atom is 0.330 e. The molecule has 0 saturated carbocycles. The van der Waals surface area contributed by atoms with Gasteiger partial charge in [0.1, 0.15) is 5.82 Å². The van der Waals surface area contributed by atoms with Gasteiger partial charge in [-0.1, -0.05) is 0 Å². The van der Waals surface area contributed by atoms with Crippen LogP contribution in [-0.4, -0.2) is 28.5 Å². The molecule has 0 bridgehead atoms. The highest BCUT2D eigenvalue weighted by molar-refractivity contribution is 5.38. The molecule has 0 spiro atoms. The Bertz CT molecular complexity index is 485. The van der Waals surface area contributed by atoms with Crippen molar-refractivity contribution in [1.29, 1.82) is 0 Å². The highest BCUT2D eigenvalue weighted by Crippen LogP contribution is 2.10. The van der Waals surface area contributed by atoms with E-state index in [4.69, 9.17) is 5.73 Å². The minimum absolute atomic E-state index is 0.0785. The first kappa shape index (κ1) is 12.5. The Labute approximate surface area is 93.7 Å². The molecular formula is C10H18N4O2. The largest absolute Gasteiger partial charge is 0.385 e. The maximum absolute atomic E-state index is 11.6. The number of rotatable bonds is 3. The van der Waals surface area contributed by atoms with Crippen molar-refractivity contribution in [1.82, 2.24) is 14.5 Å². The van der Waals surface area contributed by atoms with E-state index in [9.17, 15) is 9.59 Å². The molecule has 1 aromatic heterocycles. The lowest BCUT2D eigenvalue weighted by atomic mass is 10.2. The predicted octanol–water partition coefficient (Wildman–Crippen LogP) is -0.239. The number of hydrogen-bond acceptors (Lipinski definition) is 4. The molecule has 0 saturated heterocycles. The Kier molecular flexibility index (Phi) is 3.54. The molecule has 0 fully saturated rings. The number of nitrogens with one attached hydrogen (secondary N) is 1. The highest BCUT2D eigenvalue weighted by Gasteiger charge is 2.14. The Hall–Kier alpha value is -1.56. The smallest absolute Gasteiger partial charge is 0.330 e. The van der Waals surface area contributed by atoms with Crippen LogP contribution in [0, 0.1) is 0 Å². The van der Waals surface area contributed by atoms with E-state index in [1.54, 1.807) is 0 Å². The molecule has 1 heterocycles. The van der Waals surface area contributed by atoms with Gasteiger partial charge >= 0.3 is 5.69 Å². The maximum atomic E-state index is 11.6. The number of aromatic nitrogens is 2. The van der Waals surface area contributed by atoms with Crippen LogP contribution in [0.4, 0.5) is 5.82 Å². The molecule has 0 aliphatic rings. The summed E-state index contributed by atoms with van der Waals surface area (Å²) < 4.78 is 1.39. The Balaban J connectivity index is 3.45. The van der Waals surface area contributed by atoms with E-state index < -0.39 is 11.2 Å². The lowest BCUT2D eigenvalue weighted by Gasteiger charge is -2.17. The fourth-order valence-electron chi connectivity index (χ4n) is 1.59. The van der Waals surface area contributed by atoms with Crippen LogP contribution < -0.4 is 17.0 Å². The summed E-state index contributed by atoms with van der Waals surface area (Å²) in [5.74, 6) is 0.248. The summed E-state index contributed by atoms with van der Waals surface area (Å²) in [5, 5.41) is 0. The van der Waals surface area contributed by atoms with Crippen LogP contribution in [0.15, 0.2) is 9.59 Å². The summed E-state index contributed by atoms with van der Waals surface area (Å²) in [7, 11) is 3.67. The molecule has 0 unspecified atom stereocenters. The molecule has 1 aromatic rings. The van der Waals surface area contributed by atoms with Crippen molar-refractivity contribution < 1.29 is 0 Å². The van der Waals surface area contributed by atoms with E-state index in [0.29, 0.717) is 12.1 Å². The second kappa shape index (κ2) is 4.52. The van der Waals surface area contributed by atoms with Crippen LogP contribution >= 0.6 is 0 Å². The second-order valence-corrected chi connectivity index (χ2v) is 4.32. The summed E-state index contributed by atoms with van der Waals surface area (Å²) in [6.45, 7) is 4.10. The topological polar surface area (TPSA) is 84.1 Å². The summed E-state index contributed by atoms with van der Waals surface area (Å²) in [4.78, 5) is 27.3. The molecule has 6 heteroatoms. The van der Waals surface area contributed by atoms with Crippen molar-refractivity contribution in [3.8, 4) is 0 Å².